The predicted molar refractivity (Wildman–Crippen MR) is 62.2 cm³/mol. The van der Waals surface area contributed by atoms with E-state index in [2.05, 4.69) is 20.8 Å². The first kappa shape index (κ1) is 10.5. The molecule has 82 valence electrons. The molecular formula is C14H26. The maximum Gasteiger partial charge on any atom is -0.0272 e. The van der Waals surface area contributed by atoms with Crippen molar-refractivity contribution in [2.45, 2.75) is 65.7 Å². The summed E-state index contributed by atoms with van der Waals surface area (Å²) >= 11 is 0. The van der Waals surface area contributed by atoms with Crippen molar-refractivity contribution in [2.24, 2.45) is 23.2 Å². The monoisotopic (exact) mass is 194 g/mol. The van der Waals surface area contributed by atoms with Crippen LogP contribution in [-0.4, -0.2) is 0 Å². The lowest BCUT2D eigenvalue weighted by molar-refractivity contribution is 0.0847. The molecule has 0 aliphatic heterocycles. The summed E-state index contributed by atoms with van der Waals surface area (Å²) < 4.78 is 0. The van der Waals surface area contributed by atoms with E-state index in [1.54, 1.807) is 0 Å². The third kappa shape index (κ3) is 1.73. The Morgan fingerprint density at radius 3 is 2.07 bits per heavy atom. The molecule has 0 N–H and O–H groups in total. The second-order valence-corrected chi connectivity index (χ2v) is 6.26. The van der Waals surface area contributed by atoms with Gasteiger partial charge in [-0.05, 0) is 42.4 Å². The van der Waals surface area contributed by atoms with Crippen LogP contribution in [0.3, 0.4) is 0 Å². The van der Waals surface area contributed by atoms with Crippen LogP contribution >= 0.6 is 0 Å². The average molecular weight is 194 g/mol. The zero-order valence-corrected chi connectivity index (χ0v) is 10.2. The second kappa shape index (κ2) is 3.87. The minimum atomic E-state index is 0.708. The third-order valence-corrected chi connectivity index (χ3v) is 5.43. The smallest absolute Gasteiger partial charge is 0.0272 e. The molecule has 0 amide bonds. The summed E-state index contributed by atoms with van der Waals surface area (Å²) in [6.07, 6.45) is 10.5. The lowest BCUT2D eigenvalue weighted by Gasteiger charge is -2.41. The van der Waals surface area contributed by atoms with Crippen molar-refractivity contribution in [3.05, 3.63) is 0 Å². The largest absolute Gasteiger partial charge is 0.0625 e. The fourth-order valence-electron chi connectivity index (χ4n) is 3.89. The van der Waals surface area contributed by atoms with E-state index in [1.165, 1.54) is 44.9 Å². The number of hydrogen-bond acceptors (Lipinski definition) is 0. The van der Waals surface area contributed by atoms with Gasteiger partial charge in [-0.2, -0.15) is 0 Å². The number of rotatable bonds is 1. The maximum absolute atomic E-state index is 2.57. The van der Waals surface area contributed by atoms with Gasteiger partial charge in [0.2, 0.25) is 0 Å². The molecule has 0 spiro atoms. The van der Waals surface area contributed by atoms with E-state index >= 15 is 0 Å². The SMILES string of the molecule is CC1CCC(C2(C)CCCC2C)CC1. The second-order valence-electron chi connectivity index (χ2n) is 6.26. The molecule has 2 atom stereocenters. The average Bonchev–Trinajstić information content (AvgIpc) is 2.49. The molecule has 2 rings (SSSR count). The highest BCUT2D eigenvalue weighted by Gasteiger charge is 2.42. The molecule has 2 aliphatic rings. The van der Waals surface area contributed by atoms with Gasteiger partial charge in [0.25, 0.3) is 0 Å². The van der Waals surface area contributed by atoms with Gasteiger partial charge in [-0.25, -0.2) is 0 Å². The topological polar surface area (TPSA) is 0 Å². The molecule has 14 heavy (non-hydrogen) atoms. The number of hydrogen-bond donors (Lipinski definition) is 0. The Hall–Kier alpha value is 0. The molecule has 0 radical (unpaired) electrons. The van der Waals surface area contributed by atoms with E-state index in [1.807, 2.05) is 0 Å². The Bertz CT molecular complexity index is 188. The van der Waals surface area contributed by atoms with Crippen LogP contribution in [0.15, 0.2) is 0 Å². The molecule has 0 heteroatoms. The molecule has 0 aromatic rings. The van der Waals surface area contributed by atoms with Gasteiger partial charge in [0.15, 0.2) is 0 Å². The van der Waals surface area contributed by atoms with Crippen LogP contribution in [0.1, 0.15) is 65.7 Å². The van der Waals surface area contributed by atoms with Crippen LogP contribution in [0.5, 0.6) is 0 Å². The van der Waals surface area contributed by atoms with Gasteiger partial charge in [-0.15, -0.1) is 0 Å². The van der Waals surface area contributed by atoms with Gasteiger partial charge in [0.05, 0.1) is 0 Å². The zero-order valence-electron chi connectivity index (χ0n) is 10.2. The van der Waals surface area contributed by atoms with E-state index in [0.717, 1.165) is 17.8 Å². The molecule has 2 aliphatic carbocycles. The molecule has 2 saturated carbocycles. The van der Waals surface area contributed by atoms with Gasteiger partial charge in [0, 0.05) is 0 Å². The van der Waals surface area contributed by atoms with Crippen LogP contribution in [0.2, 0.25) is 0 Å². The van der Waals surface area contributed by atoms with E-state index < -0.39 is 0 Å². The molecule has 2 fully saturated rings. The first-order valence-corrected chi connectivity index (χ1v) is 6.63. The summed E-state index contributed by atoms with van der Waals surface area (Å²) in [7, 11) is 0. The molecule has 0 saturated heterocycles. The third-order valence-electron chi connectivity index (χ3n) is 5.43. The normalized spacial score (nSPS) is 49.5. The first-order chi connectivity index (χ1) is 6.63. The van der Waals surface area contributed by atoms with Crippen LogP contribution in [0, 0.1) is 23.2 Å². The van der Waals surface area contributed by atoms with E-state index in [9.17, 15) is 0 Å². The predicted octanol–water partition coefficient (Wildman–Crippen LogP) is 4.64. The summed E-state index contributed by atoms with van der Waals surface area (Å²) in [5.74, 6) is 3.05. The van der Waals surface area contributed by atoms with Crippen LogP contribution in [0.25, 0.3) is 0 Å². The summed E-state index contributed by atoms with van der Waals surface area (Å²) in [6, 6.07) is 0. The van der Waals surface area contributed by atoms with Crippen molar-refractivity contribution in [3.8, 4) is 0 Å². The highest BCUT2D eigenvalue weighted by Crippen LogP contribution is 2.53. The first-order valence-electron chi connectivity index (χ1n) is 6.63. The van der Waals surface area contributed by atoms with Crippen molar-refractivity contribution in [1.82, 2.24) is 0 Å². The highest BCUT2D eigenvalue weighted by molar-refractivity contribution is 4.93. The summed E-state index contributed by atoms with van der Waals surface area (Å²) in [5.41, 5.74) is 0.708. The molecule has 0 heterocycles. The zero-order chi connectivity index (χ0) is 10.2. The van der Waals surface area contributed by atoms with Crippen molar-refractivity contribution in [2.75, 3.05) is 0 Å². The van der Waals surface area contributed by atoms with Crippen LogP contribution in [-0.2, 0) is 0 Å². The molecular weight excluding hydrogens is 168 g/mol. The van der Waals surface area contributed by atoms with Gasteiger partial charge in [-0.3, -0.25) is 0 Å². The van der Waals surface area contributed by atoms with Gasteiger partial charge < -0.3 is 0 Å². The van der Waals surface area contributed by atoms with E-state index in [-0.39, 0.29) is 0 Å². The standard InChI is InChI=1S/C14H26/c1-11-6-8-13(9-7-11)14(3)10-4-5-12(14)2/h11-13H,4-10H2,1-3H3. The Kier molecular flexibility index (Phi) is 2.91. The van der Waals surface area contributed by atoms with E-state index in [4.69, 9.17) is 0 Å². The fraction of sp³-hybridized carbons (Fsp3) is 1.00. The highest BCUT2D eigenvalue weighted by atomic mass is 14.5. The molecule has 0 nitrogen and oxygen atoms in total. The summed E-state index contributed by atoms with van der Waals surface area (Å²) in [6.45, 7) is 7.49. The Morgan fingerprint density at radius 1 is 0.929 bits per heavy atom. The van der Waals surface area contributed by atoms with E-state index in [0.29, 0.717) is 5.41 Å². The molecule has 0 bridgehead atoms. The summed E-state index contributed by atoms with van der Waals surface area (Å²) in [5, 5.41) is 0. The van der Waals surface area contributed by atoms with Crippen molar-refractivity contribution in [3.63, 3.8) is 0 Å². The minimum absolute atomic E-state index is 0.708. The quantitative estimate of drug-likeness (QED) is 0.570. The Morgan fingerprint density at radius 2 is 1.57 bits per heavy atom. The lowest BCUT2D eigenvalue weighted by atomic mass is 9.64. The minimum Gasteiger partial charge on any atom is -0.0625 e. The molecule has 0 aromatic heterocycles. The lowest BCUT2D eigenvalue weighted by Crippen LogP contribution is -2.32. The molecule has 2 unspecified atom stereocenters. The van der Waals surface area contributed by atoms with Gasteiger partial charge in [-0.1, -0.05) is 46.5 Å². The van der Waals surface area contributed by atoms with Crippen LogP contribution in [0.4, 0.5) is 0 Å². The summed E-state index contributed by atoms with van der Waals surface area (Å²) in [4.78, 5) is 0. The van der Waals surface area contributed by atoms with Crippen molar-refractivity contribution < 1.29 is 0 Å². The fourth-order valence-corrected chi connectivity index (χ4v) is 3.89. The van der Waals surface area contributed by atoms with Crippen molar-refractivity contribution >= 4 is 0 Å². The van der Waals surface area contributed by atoms with Crippen LogP contribution < -0.4 is 0 Å². The van der Waals surface area contributed by atoms with Gasteiger partial charge in [0.1, 0.15) is 0 Å². The Labute approximate surface area is 89.5 Å². The molecule has 0 aromatic carbocycles. The van der Waals surface area contributed by atoms with Crippen molar-refractivity contribution in [1.29, 1.82) is 0 Å². The maximum atomic E-state index is 2.57. The Balaban J connectivity index is 2.00. The van der Waals surface area contributed by atoms with Gasteiger partial charge >= 0.3 is 0 Å².